The van der Waals surface area contributed by atoms with Gasteiger partial charge in [-0.3, -0.25) is 0 Å². The highest BCUT2D eigenvalue weighted by Gasteiger charge is 2.04. The largest absolute Gasteiger partial charge is 0.382 e. The van der Waals surface area contributed by atoms with E-state index in [1.807, 2.05) is 0 Å². The molecule has 16 heavy (non-hydrogen) atoms. The Balaban J connectivity index is 3.20. The van der Waals surface area contributed by atoms with Crippen molar-refractivity contribution in [3.63, 3.8) is 0 Å². The van der Waals surface area contributed by atoms with Gasteiger partial charge >= 0.3 is 0 Å². The highest BCUT2D eigenvalue weighted by Crippen LogP contribution is 1.97. The van der Waals surface area contributed by atoms with Crippen LogP contribution in [0.15, 0.2) is 0 Å². The third-order valence-electron chi connectivity index (χ3n) is 2.30. The summed E-state index contributed by atoms with van der Waals surface area (Å²) in [5, 5.41) is 3.30. The standard InChI is InChI=1S/C12H27NO3/c1-4-12(11-13-5-2)16-8-6-7-15-10-9-14-3/h12-13H,4-11H2,1-3H3. The predicted octanol–water partition coefficient (Wildman–Crippen LogP) is 1.44. The minimum absolute atomic E-state index is 0.332. The van der Waals surface area contributed by atoms with Crippen LogP contribution in [-0.2, 0) is 14.2 Å². The summed E-state index contributed by atoms with van der Waals surface area (Å²) in [4.78, 5) is 0. The number of methoxy groups -OCH3 is 1. The first-order valence-corrected chi connectivity index (χ1v) is 6.24. The Bertz CT molecular complexity index is 133. The molecule has 1 atom stereocenters. The molecule has 0 aromatic carbocycles. The van der Waals surface area contributed by atoms with Crippen molar-refractivity contribution >= 4 is 0 Å². The number of rotatable bonds is 12. The summed E-state index contributed by atoms with van der Waals surface area (Å²) in [7, 11) is 1.68. The number of likely N-dealkylation sites (N-methyl/N-ethyl adjacent to an activating group) is 1. The molecule has 98 valence electrons. The van der Waals surface area contributed by atoms with Gasteiger partial charge in [-0.25, -0.2) is 0 Å². The van der Waals surface area contributed by atoms with Gasteiger partial charge in [0.25, 0.3) is 0 Å². The van der Waals surface area contributed by atoms with E-state index in [4.69, 9.17) is 14.2 Å². The van der Waals surface area contributed by atoms with Crippen molar-refractivity contribution in [1.29, 1.82) is 0 Å². The van der Waals surface area contributed by atoms with Crippen molar-refractivity contribution in [3.05, 3.63) is 0 Å². The van der Waals surface area contributed by atoms with Crippen LogP contribution in [0.25, 0.3) is 0 Å². The van der Waals surface area contributed by atoms with E-state index in [2.05, 4.69) is 19.2 Å². The predicted molar refractivity (Wildman–Crippen MR) is 65.9 cm³/mol. The van der Waals surface area contributed by atoms with Crippen LogP contribution in [0, 0.1) is 0 Å². The molecule has 4 heteroatoms. The average Bonchev–Trinajstić information content (AvgIpc) is 2.32. The van der Waals surface area contributed by atoms with E-state index in [9.17, 15) is 0 Å². The van der Waals surface area contributed by atoms with Crippen molar-refractivity contribution in [2.24, 2.45) is 0 Å². The molecule has 0 aliphatic heterocycles. The zero-order valence-corrected chi connectivity index (χ0v) is 11.0. The molecule has 0 aliphatic rings. The lowest BCUT2D eigenvalue weighted by molar-refractivity contribution is 0.0226. The lowest BCUT2D eigenvalue weighted by atomic mass is 10.3. The number of ether oxygens (including phenoxy) is 3. The molecular weight excluding hydrogens is 206 g/mol. The van der Waals surface area contributed by atoms with Gasteiger partial charge in [-0.15, -0.1) is 0 Å². The summed E-state index contributed by atoms with van der Waals surface area (Å²) in [6.45, 7) is 9.06. The van der Waals surface area contributed by atoms with Gasteiger partial charge in [-0.2, -0.15) is 0 Å². The summed E-state index contributed by atoms with van der Waals surface area (Å²) in [5.74, 6) is 0. The first kappa shape index (κ1) is 15.8. The second kappa shape index (κ2) is 12.9. The monoisotopic (exact) mass is 233 g/mol. The van der Waals surface area contributed by atoms with Crippen molar-refractivity contribution in [3.8, 4) is 0 Å². The van der Waals surface area contributed by atoms with Crippen LogP contribution in [0.1, 0.15) is 26.7 Å². The van der Waals surface area contributed by atoms with E-state index in [0.29, 0.717) is 19.3 Å². The Kier molecular flexibility index (Phi) is 12.8. The molecule has 0 amide bonds. The zero-order valence-electron chi connectivity index (χ0n) is 11.0. The fraction of sp³-hybridized carbons (Fsp3) is 1.00. The van der Waals surface area contributed by atoms with Crippen LogP contribution >= 0.6 is 0 Å². The van der Waals surface area contributed by atoms with Crippen LogP contribution in [-0.4, -0.2) is 52.7 Å². The molecule has 0 spiro atoms. The molecule has 0 aliphatic carbocycles. The maximum absolute atomic E-state index is 5.73. The van der Waals surface area contributed by atoms with Crippen LogP contribution in [0.3, 0.4) is 0 Å². The summed E-state index contributed by atoms with van der Waals surface area (Å²) >= 11 is 0. The summed E-state index contributed by atoms with van der Waals surface area (Å²) < 4.78 is 16.0. The molecule has 1 N–H and O–H groups in total. The van der Waals surface area contributed by atoms with E-state index >= 15 is 0 Å². The third-order valence-corrected chi connectivity index (χ3v) is 2.30. The smallest absolute Gasteiger partial charge is 0.0700 e. The second-order valence-electron chi connectivity index (χ2n) is 3.67. The van der Waals surface area contributed by atoms with Crippen molar-refractivity contribution in [2.75, 3.05) is 46.6 Å². The lowest BCUT2D eigenvalue weighted by Gasteiger charge is -2.16. The zero-order chi connectivity index (χ0) is 12.1. The van der Waals surface area contributed by atoms with Gasteiger partial charge in [0.1, 0.15) is 0 Å². The van der Waals surface area contributed by atoms with Gasteiger partial charge < -0.3 is 19.5 Å². The van der Waals surface area contributed by atoms with E-state index in [1.54, 1.807) is 7.11 Å². The summed E-state index contributed by atoms with van der Waals surface area (Å²) in [5.41, 5.74) is 0. The highest BCUT2D eigenvalue weighted by molar-refractivity contribution is 4.58. The highest BCUT2D eigenvalue weighted by atomic mass is 16.5. The Morgan fingerprint density at radius 3 is 2.50 bits per heavy atom. The maximum atomic E-state index is 5.73. The molecular formula is C12H27NO3. The molecule has 0 saturated carbocycles. The van der Waals surface area contributed by atoms with Crippen molar-refractivity contribution in [1.82, 2.24) is 5.32 Å². The van der Waals surface area contributed by atoms with Gasteiger partial charge in [0, 0.05) is 26.9 Å². The van der Waals surface area contributed by atoms with Gasteiger partial charge in [-0.05, 0) is 19.4 Å². The van der Waals surface area contributed by atoms with Crippen LogP contribution in [0.5, 0.6) is 0 Å². The average molecular weight is 233 g/mol. The fourth-order valence-electron chi connectivity index (χ4n) is 1.28. The second-order valence-corrected chi connectivity index (χ2v) is 3.67. The maximum Gasteiger partial charge on any atom is 0.0700 e. The van der Waals surface area contributed by atoms with E-state index < -0.39 is 0 Å². The Morgan fingerprint density at radius 2 is 1.88 bits per heavy atom. The first-order chi connectivity index (χ1) is 7.85. The minimum Gasteiger partial charge on any atom is -0.382 e. The molecule has 0 aromatic heterocycles. The summed E-state index contributed by atoms with van der Waals surface area (Å²) in [6.07, 6.45) is 2.34. The molecule has 0 rings (SSSR count). The van der Waals surface area contributed by atoms with Gasteiger partial charge in [0.05, 0.1) is 19.3 Å². The van der Waals surface area contributed by atoms with Crippen LogP contribution in [0.4, 0.5) is 0 Å². The molecule has 0 heterocycles. The van der Waals surface area contributed by atoms with Crippen molar-refractivity contribution in [2.45, 2.75) is 32.8 Å². The van der Waals surface area contributed by atoms with Gasteiger partial charge in [0.15, 0.2) is 0 Å². The van der Waals surface area contributed by atoms with Gasteiger partial charge in [0.2, 0.25) is 0 Å². The quantitative estimate of drug-likeness (QED) is 0.518. The Labute approximate surface area is 99.6 Å². The van der Waals surface area contributed by atoms with E-state index in [-0.39, 0.29) is 0 Å². The SMILES string of the molecule is CCNCC(CC)OCCCOCCOC. The Morgan fingerprint density at radius 1 is 1.06 bits per heavy atom. The first-order valence-electron chi connectivity index (χ1n) is 6.24. The van der Waals surface area contributed by atoms with Crippen LogP contribution in [0.2, 0.25) is 0 Å². The lowest BCUT2D eigenvalue weighted by Crippen LogP contribution is -2.29. The normalized spacial score (nSPS) is 12.9. The van der Waals surface area contributed by atoms with E-state index in [1.165, 1.54) is 0 Å². The van der Waals surface area contributed by atoms with Crippen LogP contribution < -0.4 is 5.32 Å². The number of nitrogens with one attached hydrogen (secondary N) is 1. The van der Waals surface area contributed by atoms with Crippen molar-refractivity contribution < 1.29 is 14.2 Å². The molecule has 0 bridgehead atoms. The Hall–Kier alpha value is -0.160. The molecule has 0 aromatic rings. The molecule has 0 saturated heterocycles. The summed E-state index contributed by atoms with van der Waals surface area (Å²) in [6, 6.07) is 0. The van der Waals surface area contributed by atoms with Gasteiger partial charge in [-0.1, -0.05) is 13.8 Å². The molecule has 1 unspecified atom stereocenters. The molecule has 0 fully saturated rings. The molecule has 4 nitrogen and oxygen atoms in total. The van der Waals surface area contributed by atoms with E-state index in [0.717, 1.165) is 39.1 Å². The minimum atomic E-state index is 0.332. The topological polar surface area (TPSA) is 39.7 Å². The fourth-order valence-corrected chi connectivity index (χ4v) is 1.28. The number of hydrogen-bond donors (Lipinski definition) is 1. The molecule has 0 radical (unpaired) electrons. The third kappa shape index (κ3) is 10.4. The number of hydrogen-bond acceptors (Lipinski definition) is 4.